The van der Waals surface area contributed by atoms with Gasteiger partial charge in [0, 0.05) is 31.5 Å². The molecule has 0 radical (unpaired) electrons. The fourth-order valence-corrected chi connectivity index (χ4v) is 1.93. The highest BCUT2D eigenvalue weighted by Crippen LogP contribution is 2.09. The van der Waals surface area contributed by atoms with Crippen LogP contribution in [0.25, 0.3) is 0 Å². The van der Waals surface area contributed by atoms with Gasteiger partial charge in [0.2, 0.25) is 0 Å². The Morgan fingerprint density at radius 3 is 2.44 bits per heavy atom. The van der Waals surface area contributed by atoms with Gasteiger partial charge in [0.05, 0.1) is 6.10 Å². The highest BCUT2D eigenvalue weighted by atomic mass is 16.3. The molecule has 0 aliphatic rings. The van der Waals surface area contributed by atoms with Crippen molar-refractivity contribution in [3.63, 3.8) is 0 Å². The second kappa shape index (κ2) is 8.19. The molecule has 0 amide bonds. The lowest BCUT2D eigenvalue weighted by molar-refractivity contribution is 0.114. The van der Waals surface area contributed by atoms with Gasteiger partial charge in [-0.1, -0.05) is 13.8 Å². The smallest absolute Gasteiger partial charge is 0.0791 e. The SMILES string of the molecule is CCN(CC)CC(O)CNC(C)c1ccncc1. The van der Waals surface area contributed by atoms with Crippen LogP contribution in [0.3, 0.4) is 0 Å². The van der Waals surface area contributed by atoms with E-state index in [1.165, 1.54) is 5.56 Å². The lowest BCUT2D eigenvalue weighted by Crippen LogP contribution is -2.38. The van der Waals surface area contributed by atoms with Crippen molar-refractivity contribution >= 4 is 0 Å². The Kier molecular flexibility index (Phi) is 6.86. The maximum absolute atomic E-state index is 9.96. The number of rotatable bonds is 8. The first-order chi connectivity index (χ1) is 8.67. The van der Waals surface area contributed by atoms with Crippen molar-refractivity contribution in [2.45, 2.75) is 32.9 Å². The van der Waals surface area contributed by atoms with Gasteiger partial charge in [-0.2, -0.15) is 0 Å². The van der Waals surface area contributed by atoms with E-state index in [1.807, 2.05) is 12.1 Å². The molecule has 2 N–H and O–H groups in total. The highest BCUT2D eigenvalue weighted by molar-refractivity contribution is 5.13. The highest BCUT2D eigenvalue weighted by Gasteiger charge is 2.11. The van der Waals surface area contributed by atoms with E-state index in [2.05, 4.69) is 36.0 Å². The summed E-state index contributed by atoms with van der Waals surface area (Å²) in [6, 6.07) is 4.22. The summed E-state index contributed by atoms with van der Waals surface area (Å²) in [6.07, 6.45) is 3.26. The van der Waals surface area contributed by atoms with Crippen LogP contribution >= 0.6 is 0 Å². The summed E-state index contributed by atoms with van der Waals surface area (Å²) in [5, 5.41) is 13.3. The molecule has 0 saturated carbocycles. The minimum atomic E-state index is -0.325. The summed E-state index contributed by atoms with van der Waals surface area (Å²) in [5.74, 6) is 0. The van der Waals surface area contributed by atoms with Crippen LogP contribution in [0.5, 0.6) is 0 Å². The van der Waals surface area contributed by atoms with Crippen LogP contribution in [-0.2, 0) is 0 Å². The van der Waals surface area contributed by atoms with Crippen LogP contribution in [0, 0.1) is 0 Å². The van der Waals surface area contributed by atoms with Gasteiger partial charge in [0.1, 0.15) is 0 Å². The van der Waals surface area contributed by atoms with E-state index in [9.17, 15) is 5.11 Å². The van der Waals surface area contributed by atoms with E-state index in [0.717, 1.165) is 19.6 Å². The summed E-state index contributed by atoms with van der Waals surface area (Å²) in [5.41, 5.74) is 1.19. The molecule has 0 aliphatic carbocycles. The molecule has 0 bridgehead atoms. The normalized spacial score (nSPS) is 14.7. The molecule has 18 heavy (non-hydrogen) atoms. The summed E-state index contributed by atoms with van der Waals surface area (Å²) in [4.78, 5) is 6.23. The quantitative estimate of drug-likeness (QED) is 0.734. The Morgan fingerprint density at radius 1 is 1.28 bits per heavy atom. The molecule has 1 rings (SSSR count). The number of nitrogens with one attached hydrogen (secondary N) is 1. The van der Waals surface area contributed by atoms with Crippen LogP contribution in [-0.4, -0.2) is 47.3 Å². The molecule has 102 valence electrons. The van der Waals surface area contributed by atoms with Crippen LogP contribution in [0.1, 0.15) is 32.4 Å². The number of aliphatic hydroxyl groups is 1. The Labute approximate surface area is 110 Å². The molecule has 2 unspecified atom stereocenters. The number of likely N-dealkylation sites (N-methyl/N-ethyl adjacent to an activating group) is 1. The molecule has 1 heterocycles. The number of hydrogen-bond acceptors (Lipinski definition) is 4. The van der Waals surface area contributed by atoms with Gasteiger partial charge in [-0.15, -0.1) is 0 Å². The third-order valence-corrected chi connectivity index (χ3v) is 3.23. The maximum atomic E-state index is 9.96. The molecule has 0 aromatic carbocycles. The van der Waals surface area contributed by atoms with Crippen molar-refractivity contribution in [2.24, 2.45) is 0 Å². The predicted octanol–water partition coefficient (Wildman–Crippen LogP) is 1.43. The number of aliphatic hydroxyl groups excluding tert-OH is 1. The average molecular weight is 251 g/mol. The minimum absolute atomic E-state index is 0.236. The van der Waals surface area contributed by atoms with Gasteiger partial charge >= 0.3 is 0 Å². The van der Waals surface area contributed by atoms with Gasteiger partial charge in [0.25, 0.3) is 0 Å². The standard InChI is InChI=1S/C14H25N3O/c1-4-17(5-2)11-14(18)10-16-12(3)13-6-8-15-9-7-13/h6-9,12,14,16,18H,4-5,10-11H2,1-3H3. The van der Waals surface area contributed by atoms with Crippen LogP contribution in [0.15, 0.2) is 24.5 Å². The molecule has 1 aromatic rings. The van der Waals surface area contributed by atoms with E-state index >= 15 is 0 Å². The molecule has 1 aromatic heterocycles. The first-order valence-electron chi connectivity index (χ1n) is 6.71. The molecule has 0 fully saturated rings. The van der Waals surface area contributed by atoms with Gasteiger partial charge < -0.3 is 15.3 Å². The number of aromatic nitrogens is 1. The minimum Gasteiger partial charge on any atom is -0.390 e. The van der Waals surface area contributed by atoms with Crippen molar-refractivity contribution in [3.05, 3.63) is 30.1 Å². The van der Waals surface area contributed by atoms with E-state index in [4.69, 9.17) is 0 Å². The summed E-state index contributed by atoms with van der Waals surface area (Å²) in [6.45, 7) is 9.62. The molecule has 0 spiro atoms. The third kappa shape index (κ3) is 5.12. The van der Waals surface area contributed by atoms with Crippen molar-refractivity contribution in [1.82, 2.24) is 15.2 Å². The first-order valence-corrected chi connectivity index (χ1v) is 6.71. The van der Waals surface area contributed by atoms with Crippen molar-refractivity contribution in [1.29, 1.82) is 0 Å². The zero-order chi connectivity index (χ0) is 13.4. The van der Waals surface area contributed by atoms with Crippen LogP contribution < -0.4 is 5.32 Å². The van der Waals surface area contributed by atoms with E-state index in [0.29, 0.717) is 6.54 Å². The fourth-order valence-electron chi connectivity index (χ4n) is 1.93. The van der Waals surface area contributed by atoms with Crippen LogP contribution in [0.4, 0.5) is 0 Å². The predicted molar refractivity (Wildman–Crippen MR) is 74.4 cm³/mol. The molecule has 2 atom stereocenters. The lowest BCUT2D eigenvalue weighted by atomic mass is 10.1. The molecular formula is C14H25N3O. The zero-order valence-electron chi connectivity index (χ0n) is 11.6. The van der Waals surface area contributed by atoms with Gasteiger partial charge in [-0.25, -0.2) is 0 Å². The molecule has 4 heteroatoms. The number of hydrogen-bond donors (Lipinski definition) is 2. The van der Waals surface area contributed by atoms with Crippen molar-refractivity contribution in [2.75, 3.05) is 26.2 Å². The lowest BCUT2D eigenvalue weighted by Gasteiger charge is -2.23. The van der Waals surface area contributed by atoms with Crippen molar-refractivity contribution in [3.8, 4) is 0 Å². The number of pyridine rings is 1. The molecule has 4 nitrogen and oxygen atoms in total. The Morgan fingerprint density at radius 2 is 1.89 bits per heavy atom. The maximum Gasteiger partial charge on any atom is 0.0791 e. The van der Waals surface area contributed by atoms with E-state index in [-0.39, 0.29) is 12.1 Å². The second-order valence-corrected chi connectivity index (χ2v) is 4.55. The van der Waals surface area contributed by atoms with E-state index in [1.54, 1.807) is 12.4 Å². The monoisotopic (exact) mass is 251 g/mol. The second-order valence-electron chi connectivity index (χ2n) is 4.55. The fraction of sp³-hybridized carbons (Fsp3) is 0.643. The average Bonchev–Trinajstić information content (AvgIpc) is 2.43. The Balaban J connectivity index is 2.32. The Hall–Kier alpha value is -0.970. The summed E-state index contributed by atoms with van der Waals surface area (Å²) in [7, 11) is 0. The third-order valence-electron chi connectivity index (χ3n) is 3.23. The topological polar surface area (TPSA) is 48.4 Å². The summed E-state index contributed by atoms with van der Waals surface area (Å²) >= 11 is 0. The van der Waals surface area contributed by atoms with Crippen molar-refractivity contribution < 1.29 is 5.11 Å². The molecular weight excluding hydrogens is 226 g/mol. The van der Waals surface area contributed by atoms with E-state index < -0.39 is 0 Å². The van der Waals surface area contributed by atoms with Gasteiger partial charge in [-0.3, -0.25) is 4.98 Å². The number of nitrogens with zero attached hydrogens (tertiary/aromatic N) is 2. The molecule has 0 saturated heterocycles. The zero-order valence-corrected chi connectivity index (χ0v) is 11.6. The van der Waals surface area contributed by atoms with Gasteiger partial charge in [0.15, 0.2) is 0 Å². The van der Waals surface area contributed by atoms with Gasteiger partial charge in [-0.05, 0) is 37.7 Å². The Bertz CT molecular complexity index is 314. The summed E-state index contributed by atoms with van der Waals surface area (Å²) < 4.78 is 0. The largest absolute Gasteiger partial charge is 0.390 e. The first kappa shape index (κ1) is 15.1. The molecule has 0 aliphatic heterocycles. The van der Waals surface area contributed by atoms with Crippen LogP contribution in [0.2, 0.25) is 0 Å².